The smallest absolute Gasteiger partial charge is 0.328 e. The molecule has 0 aliphatic carbocycles. The van der Waals surface area contributed by atoms with Crippen molar-refractivity contribution in [3.05, 3.63) is 0 Å². The quantitative estimate of drug-likeness (QED) is 0.613. The fourth-order valence-corrected chi connectivity index (χ4v) is 1.25. The summed E-state index contributed by atoms with van der Waals surface area (Å²) in [6, 6.07) is -1.71. The molecule has 6 heteroatoms. The molecule has 0 aromatic rings. The standard InChI is InChI=1S/C10H20N2O4/c1-4-5-12(7(2)3)10(16)11-8(6-13)9(14)15/h7-8,13H,4-6H2,1-3H3,(H,11,16)(H,14,15)/t8-/m1/s1. The lowest BCUT2D eigenvalue weighted by Gasteiger charge is -2.27. The van der Waals surface area contributed by atoms with Crippen LogP contribution in [-0.2, 0) is 4.79 Å². The van der Waals surface area contributed by atoms with E-state index in [1.54, 1.807) is 0 Å². The molecule has 0 spiro atoms. The number of rotatable bonds is 6. The third-order valence-corrected chi connectivity index (χ3v) is 2.13. The SMILES string of the molecule is CCCN(C(=O)N[C@H](CO)C(=O)O)C(C)C. The largest absolute Gasteiger partial charge is 0.480 e. The second kappa shape index (κ2) is 7.05. The van der Waals surface area contributed by atoms with Gasteiger partial charge in [-0.15, -0.1) is 0 Å². The van der Waals surface area contributed by atoms with Crippen LogP contribution in [0.2, 0.25) is 0 Å². The number of carbonyl (C=O) groups excluding carboxylic acids is 1. The van der Waals surface area contributed by atoms with Crippen LogP contribution in [0.15, 0.2) is 0 Å². The summed E-state index contributed by atoms with van der Waals surface area (Å²) in [5.41, 5.74) is 0. The highest BCUT2D eigenvalue weighted by Crippen LogP contribution is 2.01. The first kappa shape index (κ1) is 14.7. The Hall–Kier alpha value is -1.30. The van der Waals surface area contributed by atoms with Gasteiger partial charge < -0.3 is 20.4 Å². The van der Waals surface area contributed by atoms with Gasteiger partial charge in [-0.1, -0.05) is 6.92 Å². The van der Waals surface area contributed by atoms with E-state index in [0.29, 0.717) is 6.54 Å². The predicted octanol–water partition coefficient (Wildman–Crippen LogP) is 0.262. The molecule has 2 amide bonds. The van der Waals surface area contributed by atoms with Crippen molar-refractivity contribution in [2.24, 2.45) is 0 Å². The molecule has 0 radical (unpaired) electrons. The van der Waals surface area contributed by atoms with Crippen LogP contribution in [0.25, 0.3) is 0 Å². The molecule has 0 heterocycles. The van der Waals surface area contributed by atoms with Gasteiger partial charge in [0.05, 0.1) is 6.61 Å². The lowest BCUT2D eigenvalue weighted by molar-refractivity contribution is -0.140. The van der Waals surface area contributed by atoms with Gasteiger partial charge in [-0.25, -0.2) is 9.59 Å². The first-order chi connectivity index (χ1) is 7.43. The highest BCUT2D eigenvalue weighted by Gasteiger charge is 2.23. The second-order valence-electron chi connectivity index (χ2n) is 3.81. The molecule has 0 rings (SSSR count). The van der Waals surface area contributed by atoms with E-state index < -0.39 is 24.6 Å². The van der Waals surface area contributed by atoms with E-state index in [1.807, 2.05) is 20.8 Å². The van der Waals surface area contributed by atoms with Crippen molar-refractivity contribution in [2.45, 2.75) is 39.3 Å². The fraction of sp³-hybridized carbons (Fsp3) is 0.800. The maximum Gasteiger partial charge on any atom is 0.328 e. The molecule has 0 aromatic heterocycles. The van der Waals surface area contributed by atoms with Crippen LogP contribution in [0.5, 0.6) is 0 Å². The topological polar surface area (TPSA) is 89.9 Å². The van der Waals surface area contributed by atoms with Gasteiger partial charge in [0.15, 0.2) is 6.04 Å². The number of aliphatic carboxylic acids is 1. The molecular weight excluding hydrogens is 212 g/mol. The average molecular weight is 232 g/mol. The van der Waals surface area contributed by atoms with E-state index in [0.717, 1.165) is 6.42 Å². The van der Waals surface area contributed by atoms with Gasteiger partial charge in [0.1, 0.15) is 0 Å². The Labute approximate surface area is 95.2 Å². The van der Waals surface area contributed by atoms with Gasteiger partial charge in [-0.2, -0.15) is 0 Å². The number of urea groups is 1. The molecule has 0 aliphatic heterocycles. The zero-order valence-electron chi connectivity index (χ0n) is 9.93. The summed E-state index contributed by atoms with van der Waals surface area (Å²) in [4.78, 5) is 23.8. The van der Waals surface area contributed by atoms with Gasteiger partial charge in [0.2, 0.25) is 0 Å². The van der Waals surface area contributed by atoms with Crippen molar-refractivity contribution in [1.82, 2.24) is 10.2 Å². The summed E-state index contributed by atoms with van der Waals surface area (Å²) in [6.07, 6.45) is 0.794. The first-order valence-corrected chi connectivity index (χ1v) is 5.34. The molecule has 0 fully saturated rings. The summed E-state index contributed by atoms with van der Waals surface area (Å²) < 4.78 is 0. The summed E-state index contributed by atoms with van der Waals surface area (Å²) >= 11 is 0. The predicted molar refractivity (Wildman–Crippen MR) is 59.2 cm³/mol. The van der Waals surface area contributed by atoms with Crippen molar-refractivity contribution in [2.75, 3.05) is 13.2 Å². The highest BCUT2D eigenvalue weighted by molar-refractivity contribution is 5.82. The number of hydrogen-bond donors (Lipinski definition) is 3. The van der Waals surface area contributed by atoms with Gasteiger partial charge >= 0.3 is 12.0 Å². The molecule has 1 atom stereocenters. The minimum atomic E-state index is -1.24. The molecule has 3 N–H and O–H groups in total. The van der Waals surface area contributed by atoms with Crippen molar-refractivity contribution in [3.63, 3.8) is 0 Å². The maximum atomic E-state index is 11.7. The van der Waals surface area contributed by atoms with E-state index in [1.165, 1.54) is 4.90 Å². The third kappa shape index (κ3) is 4.48. The van der Waals surface area contributed by atoms with Gasteiger partial charge in [0.25, 0.3) is 0 Å². The molecule has 94 valence electrons. The minimum Gasteiger partial charge on any atom is -0.480 e. The zero-order valence-corrected chi connectivity index (χ0v) is 9.93. The molecule has 0 bridgehead atoms. The molecule has 0 saturated carbocycles. The highest BCUT2D eigenvalue weighted by atomic mass is 16.4. The number of carbonyl (C=O) groups is 2. The summed E-state index contributed by atoms with van der Waals surface area (Å²) in [5, 5.41) is 19.7. The van der Waals surface area contributed by atoms with E-state index >= 15 is 0 Å². The van der Waals surface area contributed by atoms with Crippen molar-refractivity contribution in [1.29, 1.82) is 0 Å². The zero-order chi connectivity index (χ0) is 12.7. The number of carboxylic acid groups (broad SMARTS) is 1. The third-order valence-electron chi connectivity index (χ3n) is 2.13. The van der Waals surface area contributed by atoms with Gasteiger partial charge in [-0.05, 0) is 20.3 Å². The number of aliphatic hydroxyl groups is 1. The van der Waals surface area contributed by atoms with Crippen LogP contribution >= 0.6 is 0 Å². The van der Waals surface area contributed by atoms with E-state index in [2.05, 4.69) is 5.32 Å². The van der Waals surface area contributed by atoms with Crippen LogP contribution in [0.3, 0.4) is 0 Å². The number of aliphatic hydroxyl groups excluding tert-OH is 1. The minimum absolute atomic E-state index is 0.00640. The second-order valence-corrected chi connectivity index (χ2v) is 3.81. The van der Waals surface area contributed by atoms with Crippen molar-refractivity contribution < 1.29 is 19.8 Å². The van der Waals surface area contributed by atoms with E-state index in [-0.39, 0.29) is 6.04 Å². The molecular formula is C10H20N2O4. The first-order valence-electron chi connectivity index (χ1n) is 5.34. The van der Waals surface area contributed by atoms with Crippen LogP contribution < -0.4 is 5.32 Å². The average Bonchev–Trinajstić information content (AvgIpc) is 2.21. The van der Waals surface area contributed by atoms with E-state index in [9.17, 15) is 9.59 Å². The fourth-order valence-electron chi connectivity index (χ4n) is 1.25. The van der Waals surface area contributed by atoms with Gasteiger partial charge in [0, 0.05) is 12.6 Å². The molecule has 16 heavy (non-hydrogen) atoms. The number of nitrogens with zero attached hydrogens (tertiary/aromatic N) is 1. The molecule has 0 aliphatic rings. The number of hydrogen-bond acceptors (Lipinski definition) is 3. The van der Waals surface area contributed by atoms with Gasteiger partial charge in [-0.3, -0.25) is 0 Å². The van der Waals surface area contributed by atoms with Crippen molar-refractivity contribution in [3.8, 4) is 0 Å². The molecule has 6 nitrogen and oxygen atoms in total. The van der Waals surface area contributed by atoms with Crippen LogP contribution in [0.1, 0.15) is 27.2 Å². The summed E-state index contributed by atoms with van der Waals surface area (Å²) in [6.45, 7) is 5.58. The Kier molecular flexibility index (Phi) is 6.48. The Bertz CT molecular complexity index is 243. The number of nitrogens with one attached hydrogen (secondary N) is 1. The van der Waals surface area contributed by atoms with Crippen LogP contribution in [0.4, 0.5) is 4.79 Å². The van der Waals surface area contributed by atoms with E-state index in [4.69, 9.17) is 10.2 Å². The summed E-state index contributed by atoms with van der Waals surface area (Å²) in [7, 11) is 0. The Balaban J connectivity index is 4.44. The molecule has 0 aromatic carbocycles. The number of amides is 2. The Morgan fingerprint density at radius 3 is 2.25 bits per heavy atom. The maximum absolute atomic E-state index is 11.7. The monoisotopic (exact) mass is 232 g/mol. The molecule has 0 unspecified atom stereocenters. The molecule has 0 saturated heterocycles. The van der Waals surface area contributed by atoms with Crippen LogP contribution in [-0.4, -0.2) is 52.3 Å². The normalized spacial score (nSPS) is 12.3. The lowest BCUT2D eigenvalue weighted by Crippen LogP contribution is -2.51. The lowest BCUT2D eigenvalue weighted by atomic mass is 10.3. The van der Waals surface area contributed by atoms with Crippen LogP contribution in [0, 0.1) is 0 Å². The van der Waals surface area contributed by atoms with Crippen molar-refractivity contribution >= 4 is 12.0 Å². The number of carboxylic acids is 1. The Morgan fingerprint density at radius 1 is 1.38 bits per heavy atom. The summed E-state index contributed by atoms with van der Waals surface area (Å²) in [5.74, 6) is -1.24. The Morgan fingerprint density at radius 2 is 1.94 bits per heavy atom.